The van der Waals surface area contributed by atoms with Crippen molar-refractivity contribution in [2.24, 2.45) is 0 Å². The molecule has 0 atom stereocenters. The summed E-state index contributed by atoms with van der Waals surface area (Å²) in [6.45, 7) is 0. The summed E-state index contributed by atoms with van der Waals surface area (Å²) in [5.74, 6) is 0. The molecule has 3 aromatic heterocycles. The van der Waals surface area contributed by atoms with E-state index in [4.69, 9.17) is 0 Å². The first kappa shape index (κ1) is 30.7. The van der Waals surface area contributed by atoms with E-state index in [0.717, 1.165) is 82.8 Å². The smallest absolute Gasteiger partial charge is 0.0992 e. The molecular weight excluding hydrogens is 671 g/mol. The Morgan fingerprint density at radius 1 is 0.345 bits per heavy atom. The number of benzene rings is 8. The van der Waals surface area contributed by atoms with Crippen molar-refractivity contribution in [1.82, 2.24) is 13.7 Å². The lowest BCUT2D eigenvalue weighted by Gasteiger charge is -2.23. The van der Waals surface area contributed by atoms with Crippen LogP contribution in [0.3, 0.4) is 0 Å². The highest BCUT2D eigenvalue weighted by Gasteiger charge is 2.25. The van der Waals surface area contributed by atoms with Crippen molar-refractivity contribution in [3.8, 4) is 40.3 Å². The van der Waals surface area contributed by atoms with Crippen LogP contribution in [0.2, 0.25) is 0 Å². The van der Waals surface area contributed by atoms with Crippen LogP contribution >= 0.6 is 0 Å². The Morgan fingerprint density at radius 2 is 0.691 bits per heavy atom. The number of rotatable bonds is 4. The summed E-state index contributed by atoms with van der Waals surface area (Å²) in [4.78, 5) is 0. The molecule has 5 heteroatoms. The lowest BCUT2D eigenvalue weighted by Crippen LogP contribution is -2.08. The summed E-state index contributed by atoms with van der Waals surface area (Å²) >= 11 is 0. The van der Waals surface area contributed by atoms with E-state index in [2.05, 4.69) is 184 Å². The van der Waals surface area contributed by atoms with E-state index < -0.39 is 0 Å². The Bertz CT molecular complexity index is 3280. The molecule has 11 rings (SSSR count). The second-order valence-corrected chi connectivity index (χ2v) is 14.0. The van der Waals surface area contributed by atoms with Crippen molar-refractivity contribution >= 4 is 65.4 Å². The summed E-state index contributed by atoms with van der Waals surface area (Å²) in [6, 6.07) is 66.1. The molecule has 8 aromatic carbocycles. The van der Waals surface area contributed by atoms with Gasteiger partial charge in [-0.15, -0.1) is 0 Å². The maximum atomic E-state index is 10.3. The van der Waals surface area contributed by atoms with Crippen molar-refractivity contribution in [3.05, 3.63) is 187 Å². The average Bonchev–Trinajstić information content (AvgIpc) is 3.89. The maximum absolute atomic E-state index is 10.3. The fourth-order valence-electron chi connectivity index (χ4n) is 8.82. The highest BCUT2D eigenvalue weighted by molar-refractivity contribution is 6.13. The number of hydrogen-bond donors (Lipinski definition) is 0. The molecule has 11 aromatic rings. The molecule has 0 radical (unpaired) electrons. The molecule has 0 bridgehead atoms. The molecule has 0 saturated heterocycles. The molecule has 55 heavy (non-hydrogen) atoms. The second kappa shape index (κ2) is 11.8. The third-order valence-corrected chi connectivity index (χ3v) is 11.0. The molecule has 0 aliphatic carbocycles. The van der Waals surface area contributed by atoms with Crippen LogP contribution in [-0.2, 0) is 0 Å². The Kier molecular flexibility index (Phi) is 6.61. The molecule has 0 saturated carbocycles. The molecule has 3 heterocycles. The van der Waals surface area contributed by atoms with Gasteiger partial charge in [-0.3, -0.25) is 0 Å². The molecule has 5 nitrogen and oxygen atoms in total. The fraction of sp³-hybridized carbons (Fsp3) is 0. The predicted molar refractivity (Wildman–Crippen MR) is 224 cm³/mol. The largest absolute Gasteiger partial charge is 0.309 e. The van der Waals surface area contributed by atoms with E-state index in [1.54, 1.807) is 6.07 Å². The Labute approximate surface area is 316 Å². The van der Waals surface area contributed by atoms with Gasteiger partial charge in [0.25, 0.3) is 0 Å². The fourth-order valence-corrected chi connectivity index (χ4v) is 8.82. The first-order chi connectivity index (χ1) is 27.2. The van der Waals surface area contributed by atoms with E-state index in [1.165, 1.54) is 10.8 Å². The van der Waals surface area contributed by atoms with Crippen molar-refractivity contribution < 1.29 is 0 Å². The number of nitrogens with zero attached hydrogens (tertiary/aromatic N) is 5. The molecule has 0 aliphatic heterocycles. The van der Waals surface area contributed by atoms with E-state index in [1.807, 2.05) is 12.1 Å². The summed E-state index contributed by atoms with van der Waals surface area (Å²) in [6.07, 6.45) is 0. The van der Waals surface area contributed by atoms with Crippen LogP contribution in [0.4, 0.5) is 0 Å². The van der Waals surface area contributed by atoms with Gasteiger partial charge in [0.15, 0.2) is 0 Å². The molecule has 0 N–H and O–H groups in total. The SMILES string of the molecule is N#Cc1cc(C#N)cc(-c2cc(-n3c4ccccc4c4ccccc43)cc(-n3c4ccccc4c4ccccc43)c2-n2c3ccccc3c3ccccc32)c1. The summed E-state index contributed by atoms with van der Waals surface area (Å²) in [5, 5.41) is 27.5. The monoisotopic (exact) mass is 699 g/mol. The van der Waals surface area contributed by atoms with Crippen LogP contribution in [0.5, 0.6) is 0 Å². The summed E-state index contributed by atoms with van der Waals surface area (Å²) < 4.78 is 7.12. The second-order valence-electron chi connectivity index (χ2n) is 14.0. The van der Waals surface area contributed by atoms with Gasteiger partial charge in [-0.05, 0) is 72.3 Å². The maximum Gasteiger partial charge on any atom is 0.0992 e. The topological polar surface area (TPSA) is 62.4 Å². The van der Waals surface area contributed by atoms with E-state index >= 15 is 0 Å². The number of nitriles is 2. The minimum atomic E-state index is 0.433. The van der Waals surface area contributed by atoms with Crippen LogP contribution in [-0.4, -0.2) is 13.7 Å². The van der Waals surface area contributed by atoms with Crippen LogP contribution in [0.1, 0.15) is 11.1 Å². The lowest BCUT2D eigenvalue weighted by atomic mass is 9.96. The molecule has 254 valence electrons. The number of hydrogen-bond acceptors (Lipinski definition) is 2. The van der Waals surface area contributed by atoms with Crippen LogP contribution in [0, 0.1) is 22.7 Å². The zero-order valence-electron chi connectivity index (χ0n) is 29.5. The van der Waals surface area contributed by atoms with Gasteiger partial charge < -0.3 is 13.7 Å². The molecule has 0 fully saturated rings. The van der Waals surface area contributed by atoms with Gasteiger partial charge in [0.1, 0.15) is 0 Å². The van der Waals surface area contributed by atoms with Crippen molar-refractivity contribution in [2.75, 3.05) is 0 Å². The van der Waals surface area contributed by atoms with Gasteiger partial charge >= 0.3 is 0 Å². The van der Waals surface area contributed by atoms with Gasteiger partial charge in [0.05, 0.1) is 67.7 Å². The zero-order valence-corrected chi connectivity index (χ0v) is 29.5. The lowest BCUT2D eigenvalue weighted by molar-refractivity contribution is 1.08. The third kappa shape index (κ3) is 4.45. The quantitative estimate of drug-likeness (QED) is 0.184. The first-order valence-electron chi connectivity index (χ1n) is 18.3. The normalized spacial score (nSPS) is 11.6. The number of aromatic nitrogens is 3. The third-order valence-electron chi connectivity index (χ3n) is 11.0. The first-order valence-corrected chi connectivity index (χ1v) is 18.3. The molecule has 0 unspecified atom stereocenters. The van der Waals surface area contributed by atoms with Crippen molar-refractivity contribution in [3.63, 3.8) is 0 Å². The van der Waals surface area contributed by atoms with Crippen molar-refractivity contribution in [1.29, 1.82) is 10.5 Å². The molecule has 0 amide bonds. The predicted octanol–water partition coefficient (Wildman–Crippen LogP) is 12.4. The molecular formula is C50H29N5. The van der Waals surface area contributed by atoms with E-state index in [0.29, 0.717) is 11.1 Å². The summed E-state index contributed by atoms with van der Waals surface area (Å²) in [7, 11) is 0. The van der Waals surface area contributed by atoms with Crippen LogP contribution in [0.15, 0.2) is 176 Å². The van der Waals surface area contributed by atoms with E-state index in [-0.39, 0.29) is 0 Å². The standard InChI is InChI=1S/C50H29N5/c51-30-32-25-33(31-52)27-34(26-32)42-28-35(53-43-19-7-1-13-36(43)37-14-2-8-20-44(37)53)29-49(54-45-21-9-3-15-38(45)39-16-4-10-22-46(39)54)50(42)55-47-23-11-5-17-40(47)41-18-6-12-24-48(41)55/h1-29H. The number of fused-ring (bicyclic) bond motifs is 9. The molecule has 0 spiro atoms. The highest BCUT2D eigenvalue weighted by Crippen LogP contribution is 2.44. The van der Waals surface area contributed by atoms with E-state index in [9.17, 15) is 10.5 Å². The Hall–Kier alpha value is -7.86. The van der Waals surface area contributed by atoms with Gasteiger partial charge in [0, 0.05) is 43.6 Å². The zero-order chi connectivity index (χ0) is 36.6. The minimum Gasteiger partial charge on any atom is -0.309 e. The number of para-hydroxylation sites is 6. The van der Waals surface area contributed by atoms with Gasteiger partial charge in [-0.2, -0.15) is 10.5 Å². The highest BCUT2D eigenvalue weighted by atomic mass is 15.1. The Morgan fingerprint density at radius 3 is 1.07 bits per heavy atom. The van der Waals surface area contributed by atoms with Gasteiger partial charge in [0.2, 0.25) is 0 Å². The van der Waals surface area contributed by atoms with Crippen LogP contribution in [0.25, 0.3) is 93.6 Å². The average molecular weight is 700 g/mol. The minimum absolute atomic E-state index is 0.433. The van der Waals surface area contributed by atoms with Crippen LogP contribution < -0.4 is 0 Å². The van der Waals surface area contributed by atoms with Gasteiger partial charge in [-0.1, -0.05) is 109 Å². The van der Waals surface area contributed by atoms with Gasteiger partial charge in [-0.25, -0.2) is 0 Å². The molecule has 0 aliphatic rings. The van der Waals surface area contributed by atoms with Crippen molar-refractivity contribution in [2.45, 2.75) is 0 Å². The Balaban J connectivity index is 1.41. The summed E-state index contributed by atoms with van der Waals surface area (Å²) in [5.41, 5.74) is 11.9.